The Morgan fingerprint density at radius 3 is 2.52 bits per heavy atom. The van der Waals surface area contributed by atoms with Gasteiger partial charge >= 0.3 is 6.03 Å². The van der Waals surface area contributed by atoms with Crippen LogP contribution in [0.25, 0.3) is 5.69 Å². The summed E-state index contributed by atoms with van der Waals surface area (Å²) >= 11 is 1.10. The summed E-state index contributed by atoms with van der Waals surface area (Å²) in [5.41, 5.74) is 5.59. The van der Waals surface area contributed by atoms with Crippen LogP contribution in [-0.4, -0.2) is 51.5 Å². The number of urea groups is 1. The van der Waals surface area contributed by atoms with Crippen molar-refractivity contribution in [1.82, 2.24) is 25.0 Å². The molecule has 2 aromatic rings. The van der Waals surface area contributed by atoms with E-state index in [2.05, 4.69) is 10.2 Å². The summed E-state index contributed by atoms with van der Waals surface area (Å²) in [5, 5.41) is 10.8. The molecule has 3 N–H and O–H groups in total. The molecule has 1 aromatic heterocycles. The molecule has 1 atom stereocenters. The number of rotatable bonds is 6. The summed E-state index contributed by atoms with van der Waals surface area (Å²) < 4.78 is 15.0. The molecule has 25 heavy (non-hydrogen) atoms. The van der Waals surface area contributed by atoms with Gasteiger partial charge < -0.3 is 5.73 Å². The van der Waals surface area contributed by atoms with E-state index in [1.54, 1.807) is 16.7 Å². The summed E-state index contributed by atoms with van der Waals surface area (Å²) in [6.07, 6.45) is 0. The average molecular weight is 366 g/mol. The number of imide groups is 1. The minimum atomic E-state index is -0.910. The summed E-state index contributed by atoms with van der Waals surface area (Å²) in [7, 11) is 3.81. The zero-order chi connectivity index (χ0) is 18.6. The van der Waals surface area contributed by atoms with E-state index in [0.717, 1.165) is 11.8 Å². The monoisotopic (exact) mass is 366 g/mol. The van der Waals surface area contributed by atoms with Gasteiger partial charge in [-0.2, -0.15) is 0 Å². The second-order valence-corrected chi connectivity index (χ2v) is 6.44. The van der Waals surface area contributed by atoms with E-state index in [1.165, 1.54) is 12.1 Å². The highest BCUT2D eigenvalue weighted by Crippen LogP contribution is 2.26. The molecular weight excluding hydrogens is 347 g/mol. The number of nitrogens with zero attached hydrogens (tertiary/aromatic N) is 4. The molecule has 0 radical (unpaired) electrons. The molecule has 134 valence electrons. The number of hydrogen-bond acceptors (Lipinski definition) is 6. The highest BCUT2D eigenvalue weighted by atomic mass is 32.2. The molecule has 0 saturated carbocycles. The van der Waals surface area contributed by atoms with Crippen molar-refractivity contribution in [3.05, 3.63) is 35.9 Å². The number of benzene rings is 1. The van der Waals surface area contributed by atoms with Crippen LogP contribution in [0.2, 0.25) is 0 Å². The average Bonchev–Trinajstić information content (AvgIpc) is 2.96. The number of amides is 3. The number of primary amides is 1. The Balaban J connectivity index is 2.34. The molecule has 0 aliphatic carbocycles. The van der Waals surface area contributed by atoms with Crippen LogP contribution >= 0.6 is 11.8 Å². The molecule has 0 fully saturated rings. The number of carbonyl (C=O) groups is 2. The molecule has 0 spiro atoms. The third-order valence-corrected chi connectivity index (χ3v) is 4.42. The van der Waals surface area contributed by atoms with Crippen LogP contribution in [0.15, 0.2) is 29.4 Å². The van der Waals surface area contributed by atoms with Crippen LogP contribution in [0, 0.1) is 5.82 Å². The molecule has 1 aromatic carbocycles. The van der Waals surface area contributed by atoms with Crippen molar-refractivity contribution in [1.29, 1.82) is 0 Å². The Kier molecular flexibility index (Phi) is 6.10. The highest BCUT2D eigenvalue weighted by Gasteiger charge is 2.21. The SMILES string of the molecule is C[C@@H](c1nnc(SCC(=O)NC(N)=O)n1-c1ccc(F)cc1)N(C)C. The highest BCUT2D eigenvalue weighted by molar-refractivity contribution is 7.99. The summed E-state index contributed by atoms with van der Waals surface area (Å²) in [6.45, 7) is 1.96. The molecule has 0 saturated heterocycles. The van der Waals surface area contributed by atoms with E-state index in [1.807, 2.05) is 31.2 Å². The van der Waals surface area contributed by atoms with Gasteiger partial charge in [-0.25, -0.2) is 9.18 Å². The molecule has 2 rings (SSSR count). The second kappa shape index (κ2) is 8.08. The predicted molar refractivity (Wildman–Crippen MR) is 91.9 cm³/mol. The van der Waals surface area contributed by atoms with Crippen molar-refractivity contribution in [3.8, 4) is 5.69 Å². The first kappa shape index (κ1) is 18.9. The van der Waals surface area contributed by atoms with Gasteiger partial charge in [0, 0.05) is 5.69 Å². The molecule has 10 heteroatoms. The lowest BCUT2D eigenvalue weighted by molar-refractivity contribution is -0.117. The Morgan fingerprint density at radius 2 is 1.96 bits per heavy atom. The first-order valence-electron chi connectivity index (χ1n) is 7.39. The molecule has 0 bridgehead atoms. The Hall–Kier alpha value is -2.46. The van der Waals surface area contributed by atoms with Crippen LogP contribution in [0.4, 0.5) is 9.18 Å². The maximum Gasteiger partial charge on any atom is 0.318 e. The van der Waals surface area contributed by atoms with Crippen LogP contribution < -0.4 is 11.1 Å². The molecule has 0 unspecified atom stereocenters. The molecule has 8 nitrogen and oxygen atoms in total. The maximum absolute atomic E-state index is 13.2. The Bertz CT molecular complexity index is 762. The van der Waals surface area contributed by atoms with Gasteiger partial charge in [-0.15, -0.1) is 10.2 Å². The normalized spacial score (nSPS) is 12.2. The van der Waals surface area contributed by atoms with Gasteiger partial charge in [0.05, 0.1) is 11.8 Å². The fraction of sp³-hybridized carbons (Fsp3) is 0.333. The van der Waals surface area contributed by atoms with Crippen molar-refractivity contribution in [2.24, 2.45) is 5.73 Å². The van der Waals surface area contributed by atoms with E-state index < -0.39 is 11.9 Å². The van der Waals surface area contributed by atoms with Crippen molar-refractivity contribution >= 4 is 23.7 Å². The number of carbonyl (C=O) groups excluding carboxylic acids is 2. The number of nitrogens with one attached hydrogen (secondary N) is 1. The molecule has 0 aliphatic rings. The van der Waals surface area contributed by atoms with Crippen molar-refractivity contribution in [2.45, 2.75) is 18.1 Å². The van der Waals surface area contributed by atoms with E-state index in [-0.39, 0.29) is 17.6 Å². The first-order chi connectivity index (χ1) is 11.8. The van der Waals surface area contributed by atoms with E-state index in [0.29, 0.717) is 16.7 Å². The number of hydrogen-bond donors (Lipinski definition) is 2. The Labute approximate surface area is 148 Å². The summed E-state index contributed by atoms with van der Waals surface area (Å²) in [4.78, 5) is 24.3. The fourth-order valence-electron chi connectivity index (χ4n) is 2.01. The van der Waals surface area contributed by atoms with Crippen LogP contribution in [0.1, 0.15) is 18.8 Å². The molecular formula is C15H19FN6O2S. The van der Waals surface area contributed by atoms with Crippen LogP contribution in [0.5, 0.6) is 0 Å². The van der Waals surface area contributed by atoms with E-state index in [9.17, 15) is 14.0 Å². The number of thioether (sulfide) groups is 1. The van der Waals surface area contributed by atoms with Crippen LogP contribution in [-0.2, 0) is 4.79 Å². The minimum absolute atomic E-state index is 0.0569. The van der Waals surface area contributed by atoms with E-state index in [4.69, 9.17) is 5.73 Å². The predicted octanol–water partition coefficient (Wildman–Crippen LogP) is 1.32. The van der Waals surface area contributed by atoms with Crippen molar-refractivity contribution < 1.29 is 14.0 Å². The number of nitrogens with two attached hydrogens (primary N) is 1. The smallest absolute Gasteiger partial charge is 0.318 e. The van der Waals surface area contributed by atoms with Crippen LogP contribution in [0.3, 0.4) is 0 Å². The quantitative estimate of drug-likeness (QED) is 0.747. The van der Waals surface area contributed by atoms with E-state index >= 15 is 0 Å². The van der Waals surface area contributed by atoms with Gasteiger partial charge in [-0.05, 0) is 45.3 Å². The standard InChI is InChI=1S/C15H19FN6O2S/c1-9(21(2)3)13-19-20-15(25-8-12(23)18-14(17)24)22(13)11-6-4-10(16)5-7-11/h4-7,9H,8H2,1-3H3,(H3,17,18,23,24)/t9-/m0/s1. The first-order valence-corrected chi connectivity index (χ1v) is 8.38. The third-order valence-electron chi connectivity index (χ3n) is 3.49. The summed E-state index contributed by atoms with van der Waals surface area (Å²) in [6, 6.07) is 4.93. The van der Waals surface area contributed by atoms with Gasteiger partial charge in [0.1, 0.15) is 5.82 Å². The van der Waals surface area contributed by atoms with Gasteiger partial charge in [-0.3, -0.25) is 19.6 Å². The fourth-order valence-corrected chi connectivity index (χ4v) is 2.77. The topological polar surface area (TPSA) is 106 Å². The zero-order valence-electron chi connectivity index (χ0n) is 14.1. The van der Waals surface area contributed by atoms with Gasteiger partial charge in [0.2, 0.25) is 5.91 Å². The van der Waals surface area contributed by atoms with Gasteiger partial charge in [-0.1, -0.05) is 11.8 Å². The Morgan fingerprint density at radius 1 is 1.32 bits per heavy atom. The zero-order valence-corrected chi connectivity index (χ0v) is 14.9. The lowest BCUT2D eigenvalue weighted by Gasteiger charge is -2.20. The number of halogens is 1. The molecule has 0 aliphatic heterocycles. The van der Waals surface area contributed by atoms with Gasteiger partial charge in [0.25, 0.3) is 0 Å². The second-order valence-electron chi connectivity index (χ2n) is 5.49. The minimum Gasteiger partial charge on any atom is -0.351 e. The number of aromatic nitrogens is 3. The summed E-state index contributed by atoms with van der Waals surface area (Å²) in [5.74, 6) is -0.296. The largest absolute Gasteiger partial charge is 0.351 e. The maximum atomic E-state index is 13.2. The van der Waals surface area contributed by atoms with Gasteiger partial charge in [0.15, 0.2) is 11.0 Å². The van der Waals surface area contributed by atoms with Crippen molar-refractivity contribution in [2.75, 3.05) is 19.8 Å². The third kappa shape index (κ3) is 4.77. The molecule has 1 heterocycles. The lowest BCUT2D eigenvalue weighted by Crippen LogP contribution is -2.36. The van der Waals surface area contributed by atoms with Crippen molar-refractivity contribution in [3.63, 3.8) is 0 Å². The molecule has 3 amide bonds. The lowest BCUT2D eigenvalue weighted by atomic mass is 10.2.